The quantitative estimate of drug-likeness (QED) is 0.511. The van der Waals surface area contributed by atoms with E-state index in [0.717, 1.165) is 5.56 Å². The second kappa shape index (κ2) is 8.91. The van der Waals surface area contributed by atoms with Crippen LogP contribution in [0.15, 0.2) is 23.4 Å². The fraction of sp³-hybridized carbons (Fsp3) is 0.391. The highest BCUT2D eigenvalue weighted by Crippen LogP contribution is 2.29. The smallest absolute Gasteiger partial charge is 0.182 e. The lowest BCUT2D eigenvalue weighted by molar-refractivity contribution is -0.111. The summed E-state index contributed by atoms with van der Waals surface area (Å²) in [7, 11) is 3.12. The predicted octanol–water partition coefficient (Wildman–Crippen LogP) is 4.76. The van der Waals surface area contributed by atoms with E-state index in [1.807, 2.05) is 0 Å². The van der Waals surface area contributed by atoms with Crippen molar-refractivity contribution in [2.24, 2.45) is 5.16 Å². The number of nitrogens with zero attached hydrogens (tertiary/aromatic N) is 1. The topological polar surface area (TPSA) is 57.1 Å². The van der Waals surface area contributed by atoms with Crippen LogP contribution >= 0.6 is 0 Å². The molecule has 0 N–H and O–H groups in total. The molecule has 0 spiro atoms. The molecule has 0 saturated heterocycles. The SMILES string of the molecule is COc1ccc(/C(=N/OCc2c(C)c(C)c(C)c(C)c2C)C(C)=O)cc1OC. The van der Waals surface area contributed by atoms with Gasteiger partial charge >= 0.3 is 0 Å². The summed E-state index contributed by atoms with van der Waals surface area (Å²) in [5, 5.41) is 4.15. The first kappa shape index (κ1) is 21.5. The lowest BCUT2D eigenvalue weighted by Crippen LogP contribution is -2.13. The van der Waals surface area contributed by atoms with Crippen molar-refractivity contribution in [3.63, 3.8) is 0 Å². The molecule has 0 aliphatic rings. The number of hydrogen-bond acceptors (Lipinski definition) is 5. The molecule has 2 rings (SSSR count). The van der Waals surface area contributed by atoms with E-state index in [4.69, 9.17) is 14.3 Å². The molecular formula is C23H29NO4. The highest BCUT2D eigenvalue weighted by atomic mass is 16.6. The molecule has 0 heterocycles. The van der Waals surface area contributed by atoms with Crippen LogP contribution in [0.1, 0.15) is 45.9 Å². The van der Waals surface area contributed by atoms with Crippen molar-refractivity contribution in [3.8, 4) is 11.5 Å². The Bertz CT molecular complexity index is 900. The molecule has 2 aromatic carbocycles. The van der Waals surface area contributed by atoms with Gasteiger partial charge in [-0.1, -0.05) is 5.16 Å². The van der Waals surface area contributed by atoms with Crippen LogP contribution in [-0.4, -0.2) is 25.7 Å². The van der Waals surface area contributed by atoms with Crippen LogP contribution in [0.25, 0.3) is 0 Å². The van der Waals surface area contributed by atoms with Crippen molar-refractivity contribution in [1.29, 1.82) is 0 Å². The van der Waals surface area contributed by atoms with Gasteiger partial charge < -0.3 is 14.3 Å². The van der Waals surface area contributed by atoms with Gasteiger partial charge in [0.05, 0.1) is 14.2 Å². The normalized spacial score (nSPS) is 11.4. The van der Waals surface area contributed by atoms with Crippen molar-refractivity contribution in [1.82, 2.24) is 0 Å². The van der Waals surface area contributed by atoms with Gasteiger partial charge in [-0.15, -0.1) is 0 Å². The molecule has 150 valence electrons. The van der Waals surface area contributed by atoms with Gasteiger partial charge in [0, 0.05) is 12.5 Å². The summed E-state index contributed by atoms with van der Waals surface area (Å²) in [6.07, 6.45) is 0. The van der Waals surface area contributed by atoms with Gasteiger partial charge in [-0.05, 0) is 86.2 Å². The van der Waals surface area contributed by atoms with Gasteiger partial charge in [0.25, 0.3) is 0 Å². The minimum Gasteiger partial charge on any atom is -0.493 e. The number of carbonyl (C=O) groups excluding carboxylic acids is 1. The van der Waals surface area contributed by atoms with Crippen molar-refractivity contribution in [3.05, 3.63) is 57.1 Å². The Morgan fingerprint density at radius 2 is 1.39 bits per heavy atom. The van der Waals surface area contributed by atoms with Crippen LogP contribution in [0.3, 0.4) is 0 Å². The lowest BCUT2D eigenvalue weighted by atomic mass is 9.90. The van der Waals surface area contributed by atoms with E-state index in [0.29, 0.717) is 23.7 Å². The molecule has 5 heteroatoms. The number of carbonyl (C=O) groups is 1. The minimum atomic E-state index is -0.183. The zero-order valence-corrected chi connectivity index (χ0v) is 18.0. The Labute approximate surface area is 167 Å². The van der Waals surface area contributed by atoms with E-state index in [-0.39, 0.29) is 11.5 Å². The Balaban J connectivity index is 2.35. The molecule has 0 fully saturated rings. The molecule has 0 aliphatic heterocycles. The first-order valence-corrected chi connectivity index (χ1v) is 9.22. The van der Waals surface area contributed by atoms with Gasteiger partial charge in [-0.2, -0.15) is 0 Å². The second-order valence-corrected chi connectivity index (χ2v) is 6.94. The first-order chi connectivity index (χ1) is 13.2. The van der Waals surface area contributed by atoms with Crippen LogP contribution in [0, 0.1) is 34.6 Å². The molecule has 2 aromatic rings. The third-order valence-corrected chi connectivity index (χ3v) is 5.51. The molecule has 0 saturated carbocycles. The summed E-state index contributed by atoms with van der Waals surface area (Å²) in [6, 6.07) is 5.23. The second-order valence-electron chi connectivity index (χ2n) is 6.94. The molecule has 5 nitrogen and oxygen atoms in total. The highest BCUT2D eigenvalue weighted by molar-refractivity contribution is 6.45. The number of benzene rings is 2. The Kier molecular flexibility index (Phi) is 6.84. The maximum absolute atomic E-state index is 12.1. The van der Waals surface area contributed by atoms with E-state index in [9.17, 15) is 4.79 Å². The van der Waals surface area contributed by atoms with E-state index < -0.39 is 0 Å². The number of hydrogen-bond donors (Lipinski definition) is 0. The Morgan fingerprint density at radius 3 is 1.89 bits per heavy atom. The first-order valence-electron chi connectivity index (χ1n) is 9.22. The molecule has 0 radical (unpaired) electrons. The number of rotatable bonds is 7. The summed E-state index contributed by atoms with van der Waals surface area (Å²) in [6.45, 7) is 12.3. The zero-order valence-electron chi connectivity index (χ0n) is 18.0. The molecule has 0 atom stereocenters. The van der Waals surface area contributed by atoms with Gasteiger partial charge in [0.15, 0.2) is 23.0 Å². The fourth-order valence-electron chi connectivity index (χ4n) is 3.26. The summed E-state index contributed by atoms with van der Waals surface area (Å²) in [5.41, 5.74) is 8.20. The zero-order chi connectivity index (χ0) is 21.0. The van der Waals surface area contributed by atoms with Crippen molar-refractivity contribution in [2.45, 2.75) is 48.1 Å². The third kappa shape index (κ3) is 4.19. The minimum absolute atomic E-state index is 0.183. The van der Waals surface area contributed by atoms with Crippen LogP contribution in [0.4, 0.5) is 0 Å². The molecule has 0 aromatic heterocycles. The monoisotopic (exact) mass is 383 g/mol. The van der Waals surface area contributed by atoms with E-state index in [2.05, 4.69) is 39.8 Å². The standard InChI is InChI=1S/C23H29NO4/c1-13-14(2)16(4)20(17(5)15(13)3)12-28-24-23(18(6)25)19-9-10-21(26-7)22(11-19)27-8/h9-11H,12H2,1-8H3/b24-23+. The number of oxime groups is 1. The lowest BCUT2D eigenvalue weighted by Gasteiger charge is -2.18. The van der Waals surface area contributed by atoms with Crippen LogP contribution in [0.5, 0.6) is 11.5 Å². The maximum Gasteiger partial charge on any atom is 0.182 e. The van der Waals surface area contributed by atoms with Gasteiger partial charge in [-0.25, -0.2) is 0 Å². The maximum atomic E-state index is 12.1. The largest absolute Gasteiger partial charge is 0.493 e. The van der Waals surface area contributed by atoms with E-state index in [1.165, 1.54) is 34.7 Å². The van der Waals surface area contributed by atoms with Crippen LogP contribution in [-0.2, 0) is 16.2 Å². The fourth-order valence-corrected chi connectivity index (χ4v) is 3.26. The number of ether oxygens (including phenoxy) is 2. The molecule has 28 heavy (non-hydrogen) atoms. The third-order valence-electron chi connectivity index (χ3n) is 5.51. The summed E-state index contributed by atoms with van der Waals surface area (Å²) >= 11 is 0. The van der Waals surface area contributed by atoms with Gasteiger partial charge in [-0.3, -0.25) is 4.79 Å². The molecular weight excluding hydrogens is 354 g/mol. The molecule has 0 bridgehead atoms. The average Bonchev–Trinajstić information content (AvgIpc) is 2.69. The summed E-state index contributed by atoms with van der Waals surface area (Å²) in [5.74, 6) is 0.939. The summed E-state index contributed by atoms with van der Waals surface area (Å²) in [4.78, 5) is 17.8. The molecule has 0 unspecified atom stereocenters. The van der Waals surface area contributed by atoms with E-state index in [1.54, 1.807) is 32.4 Å². The average molecular weight is 383 g/mol. The van der Waals surface area contributed by atoms with Crippen molar-refractivity contribution in [2.75, 3.05) is 14.2 Å². The van der Waals surface area contributed by atoms with E-state index >= 15 is 0 Å². The predicted molar refractivity (Wildman–Crippen MR) is 112 cm³/mol. The van der Waals surface area contributed by atoms with Crippen molar-refractivity contribution >= 4 is 11.5 Å². The summed E-state index contributed by atoms with van der Waals surface area (Å²) < 4.78 is 10.6. The molecule has 0 amide bonds. The Hall–Kier alpha value is -2.82. The Morgan fingerprint density at radius 1 is 0.857 bits per heavy atom. The number of Topliss-reactive ketones (excluding diaryl/α,β-unsaturated/α-hetero) is 1. The molecule has 0 aliphatic carbocycles. The van der Waals surface area contributed by atoms with Crippen molar-refractivity contribution < 1.29 is 19.1 Å². The van der Waals surface area contributed by atoms with Gasteiger partial charge in [0.1, 0.15) is 6.61 Å². The van der Waals surface area contributed by atoms with Crippen LogP contribution in [0.2, 0.25) is 0 Å². The van der Waals surface area contributed by atoms with Gasteiger partial charge in [0.2, 0.25) is 0 Å². The number of ketones is 1. The van der Waals surface area contributed by atoms with Crippen LogP contribution < -0.4 is 9.47 Å². The highest BCUT2D eigenvalue weighted by Gasteiger charge is 2.16. The number of methoxy groups -OCH3 is 2.